The van der Waals surface area contributed by atoms with Crippen molar-refractivity contribution in [2.45, 2.75) is 37.8 Å². The van der Waals surface area contributed by atoms with Crippen molar-refractivity contribution in [3.8, 4) is 11.3 Å². The van der Waals surface area contributed by atoms with Crippen LogP contribution < -0.4 is 10.2 Å². The lowest BCUT2D eigenvalue weighted by atomic mass is 10.0. The lowest BCUT2D eigenvalue weighted by molar-refractivity contribution is 0.0650. The van der Waals surface area contributed by atoms with Crippen LogP contribution >= 0.6 is 0 Å². The molecule has 0 amide bonds. The summed E-state index contributed by atoms with van der Waals surface area (Å²) in [6, 6.07) is 20.9. The largest absolute Gasteiger partial charge is 0.380 e. The molecule has 2 N–H and O–H groups in total. The van der Waals surface area contributed by atoms with E-state index in [9.17, 15) is 0 Å². The second-order valence-electron chi connectivity index (χ2n) is 8.16. The number of nitrogens with zero attached hydrogens (tertiary/aromatic N) is 1. The number of piperidine rings is 1. The number of hydrogen-bond donors (Lipinski definition) is 2. The number of ether oxygens (including phenoxy) is 1. The van der Waals surface area contributed by atoms with Crippen LogP contribution in [0, 0.1) is 0 Å². The van der Waals surface area contributed by atoms with Gasteiger partial charge in [-0.1, -0.05) is 30.3 Å². The molecule has 2 fully saturated rings. The SMILES string of the molecule is c1ccc2[nH]c(-c3ccc(N4CCC(N[C@H]5CCCOC5)CC4)cc3)cc2c1. The van der Waals surface area contributed by atoms with Crippen LogP contribution in [0.4, 0.5) is 5.69 Å². The standard InChI is InChI=1S/C24H29N3O/c1-2-6-23-19(4-1)16-24(26-23)18-7-9-22(10-8-18)27-13-11-20(12-14-27)25-21-5-3-15-28-17-21/h1-2,4,6-10,16,20-21,25-26H,3,5,11-15,17H2/t21-/m0/s1. The Kier molecular flexibility index (Phi) is 5.06. The summed E-state index contributed by atoms with van der Waals surface area (Å²) < 4.78 is 5.61. The zero-order valence-corrected chi connectivity index (χ0v) is 16.4. The fourth-order valence-electron chi connectivity index (χ4n) is 4.59. The molecule has 0 unspecified atom stereocenters. The van der Waals surface area contributed by atoms with Gasteiger partial charge < -0.3 is 19.9 Å². The van der Waals surface area contributed by atoms with Crippen molar-refractivity contribution in [3.63, 3.8) is 0 Å². The van der Waals surface area contributed by atoms with E-state index >= 15 is 0 Å². The zero-order chi connectivity index (χ0) is 18.8. The van der Waals surface area contributed by atoms with E-state index in [1.165, 1.54) is 53.5 Å². The van der Waals surface area contributed by atoms with Gasteiger partial charge in [0, 0.05) is 54.1 Å². The highest BCUT2D eigenvalue weighted by Gasteiger charge is 2.23. The van der Waals surface area contributed by atoms with E-state index in [0.717, 1.165) is 26.3 Å². The van der Waals surface area contributed by atoms with Gasteiger partial charge in [0.1, 0.15) is 0 Å². The Hall–Kier alpha value is -2.30. The Morgan fingerprint density at radius 3 is 2.50 bits per heavy atom. The van der Waals surface area contributed by atoms with Gasteiger partial charge in [0.25, 0.3) is 0 Å². The molecule has 2 aromatic carbocycles. The van der Waals surface area contributed by atoms with E-state index in [4.69, 9.17) is 4.74 Å². The number of fused-ring (bicyclic) bond motifs is 1. The van der Waals surface area contributed by atoms with Crippen LogP contribution in [-0.4, -0.2) is 43.4 Å². The first-order valence-corrected chi connectivity index (χ1v) is 10.6. The quantitative estimate of drug-likeness (QED) is 0.702. The molecule has 28 heavy (non-hydrogen) atoms. The third-order valence-corrected chi connectivity index (χ3v) is 6.20. The summed E-state index contributed by atoms with van der Waals surface area (Å²) in [6.07, 6.45) is 4.87. The second kappa shape index (κ2) is 7.98. The topological polar surface area (TPSA) is 40.3 Å². The predicted octanol–water partition coefficient (Wildman–Crippen LogP) is 4.57. The molecule has 0 aliphatic carbocycles. The minimum absolute atomic E-state index is 0.556. The molecule has 0 spiro atoms. The van der Waals surface area contributed by atoms with Crippen molar-refractivity contribution in [3.05, 3.63) is 54.6 Å². The molecule has 0 radical (unpaired) electrons. The Morgan fingerprint density at radius 2 is 1.75 bits per heavy atom. The third-order valence-electron chi connectivity index (χ3n) is 6.20. The number of anilines is 1. The highest BCUT2D eigenvalue weighted by atomic mass is 16.5. The molecule has 2 saturated heterocycles. The summed E-state index contributed by atoms with van der Waals surface area (Å²) >= 11 is 0. The second-order valence-corrected chi connectivity index (χ2v) is 8.16. The summed E-state index contributed by atoms with van der Waals surface area (Å²) in [4.78, 5) is 6.04. The number of para-hydroxylation sites is 1. The lowest BCUT2D eigenvalue weighted by Crippen LogP contribution is -2.48. The van der Waals surface area contributed by atoms with Crippen LogP contribution in [0.3, 0.4) is 0 Å². The van der Waals surface area contributed by atoms with Crippen molar-refractivity contribution in [2.75, 3.05) is 31.2 Å². The van der Waals surface area contributed by atoms with Gasteiger partial charge in [-0.15, -0.1) is 0 Å². The van der Waals surface area contributed by atoms with Crippen LogP contribution in [0.25, 0.3) is 22.2 Å². The average Bonchev–Trinajstić information content (AvgIpc) is 3.20. The maximum atomic E-state index is 5.61. The Morgan fingerprint density at radius 1 is 0.929 bits per heavy atom. The van der Waals surface area contributed by atoms with Crippen molar-refractivity contribution < 1.29 is 4.74 Å². The highest BCUT2D eigenvalue weighted by molar-refractivity contribution is 5.85. The fraction of sp³-hybridized carbons (Fsp3) is 0.417. The summed E-state index contributed by atoms with van der Waals surface area (Å²) in [5.41, 5.74) is 4.96. The van der Waals surface area contributed by atoms with Gasteiger partial charge in [-0.3, -0.25) is 0 Å². The van der Waals surface area contributed by atoms with Crippen LogP contribution in [0.2, 0.25) is 0 Å². The molecule has 4 nitrogen and oxygen atoms in total. The summed E-state index contributed by atoms with van der Waals surface area (Å²) in [5.74, 6) is 0. The first-order valence-electron chi connectivity index (χ1n) is 10.6. The molecule has 0 bridgehead atoms. The molecule has 5 rings (SSSR count). The number of rotatable bonds is 4. The number of H-pyrrole nitrogens is 1. The number of aromatic amines is 1. The van der Waals surface area contributed by atoms with Crippen LogP contribution in [-0.2, 0) is 4.74 Å². The van der Waals surface area contributed by atoms with Gasteiger partial charge >= 0.3 is 0 Å². The maximum Gasteiger partial charge on any atom is 0.0619 e. The summed E-state index contributed by atoms with van der Waals surface area (Å²) in [6.45, 7) is 4.06. The number of benzene rings is 2. The van der Waals surface area contributed by atoms with Crippen LogP contribution in [0.15, 0.2) is 54.6 Å². The minimum Gasteiger partial charge on any atom is -0.380 e. The Balaban J connectivity index is 1.20. The molecule has 0 saturated carbocycles. The normalized spacial score (nSPS) is 21.3. The van der Waals surface area contributed by atoms with Crippen molar-refractivity contribution in [1.29, 1.82) is 0 Å². The maximum absolute atomic E-state index is 5.61. The Labute approximate surface area is 166 Å². The third kappa shape index (κ3) is 3.80. The van der Waals surface area contributed by atoms with E-state index in [1.807, 2.05) is 0 Å². The van der Waals surface area contributed by atoms with E-state index in [0.29, 0.717) is 12.1 Å². The zero-order valence-electron chi connectivity index (χ0n) is 16.4. The van der Waals surface area contributed by atoms with Crippen molar-refractivity contribution in [1.82, 2.24) is 10.3 Å². The monoisotopic (exact) mass is 375 g/mol. The van der Waals surface area contributed by atoms with E-state index in [2.05, 4.69) is 69.8 Å². The molecular formula is C24H29N3O. The van der Waals surface area contributed by atoms with Gasteiger partial charge in [-0.05, 0) is 55.5 Å². The molecule has 2 aliphatic rings. The van der Waals surface area contributed by atoms with Gasteiger partial charge in [0.2, 0.25) is 0 Å². The predicted molar refractivity (Wildman–Crippen MR) is 116 cm³/mol. The minimum atomic E-state index is 0.556. The molecule has 3 aromatic rings. The molecule has 146 valence electrons. The first-order chi connectivity index (χ1) is 13.8. The van der Waals surface area contributed by atoms with E-state index in [-0.39, 0.29) is 0 Å². The smallest absolute Gasteiger partial charge is 0.0619 e. The highest BCUT2D eigenvalue weighted by Crippen LogP contribution is 2.27. The molecule has 3 heterocycles. The lowest BCUT2D eigenvalue weighted by Gasteiger charge is -2.36. The fourth-order valence-corrected chi connectivity index (χ4v) is 4.59. The van der Waals surface area contributed by atoms with Crippen molar-refractivity contribution in [2.24, 2.45) is 0 Å². The summed E-state index contributed by atoms with van der Waals surface area (Å²) in [5, 5.41) is 5.08. The van der Waals surface area contributed by atoms with Gasteiger partial charge in [-0.25, -0.2) is 0 Å². The number of aromatic nitrogens is 1. The molecule has 1 atom stereocenters. The van der Waals surface area contributed by atoms with Crippen molar-refractivity contribution >= 4 is 16.6 Å². The number of hydrogen-bond acceptors (Lipinski definition) is 3. The summed E-state index contributed by atoms with van der Waals surface area (Å²) in [7, 11) is 0. The molecule has 2 aliphatic heterocycles. The molecule has 4 heteroatoms. The Bertz CT molecular complexity index is 870. The van der Waals surface area contributed by atoms with Gasteiger partial charge in [0.15, 0.2) is 0 Å². The average molecular weight is 376 g/mol. The number of nitrogens with one attached hydrogen (secondary N) is 2. The van der Waals surface area contributed by atoms with Gasteiger partial charge in [0.05, 0.1) is 6.61 Å². The van der Waals surface area contributed by atoms with E-state index < -0.39 is 0 Å². The van der Waals surface area contributed by atoms with Crippen LogP contribution in [0.1, 0.15) is 25.7 Å². The molecule has 1 aromatic heterocycles. The van der Waals surface area contributed by atoms with E-state index in [1.54, 1.807) is 0 Å². The van der Waals surface area contributed by atoms with Crippen LogP contribution in [0.5, 0.6) is 0 Å². The molecular weight excluding hydrogens is 346 g/mol. The van der Waals surface area contributed by atoms with Gasteiger partial charge in [-0.2, -0.15) is 0 Å². The first kappa shape index (κ1) is 17.8.